The molecule has 0 fully saturated rings. The molecular weight excluding hydrogens is 745 g/mol. The van der Waals surface area contributed by atoms with Crippen molar-refractivity contribution in [3.05, 3.63) is 206 Å². The second kappa shape index (κ2) is 13.8. The summed E-state index contributed by atoms with van der Waals surface area (Å²) in [7, 11) is -3.68. The molecule has 0 bridgehead atoms. The Morgan fingerprint density at radius 2 is 0.814 bits per heavy atom. The lowest BCUT2D eigenvalue weighted by Gasteiger charge is -2.13. The molecule has 0 amide bonds. The van der Waals surface area contributed by atoms with Gasteiger partial charge in [-0.2, -0.15) is 0 Å². The molecule has 0 spiro atoms. The molecule has 0 aliphatic rings. The van der Waals surface area contributed by atoms with Crippen molar-refractivity contribution in [1.82, 2.24) is 19.1 Å². The predicted molar refractivity (Wildman–Crippen MR) is 239 cm³/mol. The average molecular weight is 779 g/mol. The second-order valence-corrected chi connectivity index (χ2v) is 16.6. The van der Waals surface area contributed by atoms with E-state index in [1.807, 2.05) is 66.7 Å². The zero-order valence-electron chi connectivity index (χ0n) is 31.6. The molecule has 7 heteroatoms. The first kappa shape index (κ1) is 34.6. The molecule has 0 N–H and O–H groups in total. The maximum Gasteiger partial charge on any atom is 0.235 e. The summed E-state index contributed by atoms with van der Waals surface area (Å²) in [5.74, 6) is 0.520. The van der Waals surface area contributed by atoms with E-state index in [9.17, 15) is 8.42 Å². The number of aromatic nitrogens is 4. The third kappa shape index (κ3) is 5.82. The Morgan fingerprint density at radius 3 is 1.51 bits per heavy atom. The summed E-state index contributed by atoms with van der Waals surface area (Å²) in [6.45, 7) is 0. The first-order valence-electron chi connectivity index (χ1n) is 19.5. The Kier molecular flexibility index (Phi) is 8.10. The van der Waals surface area contributed by atoms with Crippen LogP contribution in [0.2, 0.25) is 0 Å². The van der Waals surface area contributed by atoms with Crippen LogP contribution in [0.1, 0.15) is 0 Å². The van der Waals surface area contributed by atoms with Crippen LogP contribution in [0.5, 0.6) is 0 Å². The number of sulfone groups is 1. The highest BCUT2D eigenvalue weighted by molar-refractivity contribution is 7.91. The minimum absolute atomic E-state index is 0.225. The van der Waals surface area contributed by atoms with Crippen LogP contribution >= 0.6 is 0 Å². The molecule has 59 heavy (non-hydrogen) atoms. The molecule has 3 heterocycles. The van der Waals surface area contributed by atoms with E-state index in [2.05, 4.69) is 112 Å². The van der Waals surface area contributed by atoms with Crippen LogP contribution in [-0.2, 0) is 9.84 Å². The molecule has 0 aliphatic carbocycles. The van der Waals surface area contributed by atoms with Crippen molar-refractivity contribution in [2.75, 3.05) is 0 Å². The number of hydrogen-bond donors (Lipinski definition) is 0. The maximum absolute atomic E-state index is 13.5. The number of nitrogens with zero attached hydrogens (tertiary/aromatic N) is 4. The normalized spacial score (nSPS) is 11.9. The van der Waals surface area contributed by atoms with Crippen molar-refractivity contribution in [2.45, 2.75) is 9.79 Å². The summed E-state index contributed by atoms with van der Waals surface area (Å²) in [5.41, 5.74) is 10.8. The molecule has 11 aromatic rings. The first-order chi connectivity index (χ1) is 29.0. The van der Waals surface area contributed by atoms with Crippen molar-refractivity contribution < 1.29 is 8.42 Å². The highest BCUT2D eigenvalue weighted by Crippen LogP contribution is 2.38. The van der Waals surface area contributed by atoms with E-state index in [1.165, 1.54) is 16.3 Å². The van der Waals surface area contributed by atoms with Crippen LogP contribution in [0.4, 0.5) is 0 Å². The van der Waals surface area contributed by atoms with Gasteiger partial charge in [-0.25, -0.2) is 18.4 Å². The Balaban J connectivity index is 1.09. The lowest BCUT2D eigenvalue weighted by molar-refractivity contribution is 0.596. The van der Waals surface area contributed by atoms with Crippen molar-refractivity contribution >= 4 is 53.4 Å². The molecule has 0 aliphatic heterocycles. The monoisotopic (exact) mass is 778 g/mol. The van der Waals surface area contributed by atoms with Gasteiger partial charge >= 0.3 is 0 Å². The predicted octanol–water partition coefficient (Wildman–Crippen LogP) is 12.5. The quantitative estimate of drug-likeness (QED) is 0.162. The summed E-state index contributed by atoms with van der Waals surface area (Å²) in [5, 5.41) is 4.58. The SMILES string of the molecule is O=S(=O)(c1ccccc1)c1ccc(-c2cc(-c3ccccc3)nc(-n3c4ccccc4c4ccc(-c5ccc6c(c5)c5ccccc5n6-c5ccccc5)cc43)n2)cc1. The Morgan fingerprint density at radius 1 is 0.339 bits per heavy atom. The van der Waals surface area contributed by atoms with Gasteiger partial charge in [0.05, 0.1) is 43.2 Å². The van der Waals surface area contributed by atoms with E-state index >= 15 is 0 Å². The first-order valence-corrected chi connectivity index (χ1v) is 21.0. The van der Waals surface area contributed by atoms with Gasteiger partial charge in [-0.1, -0.05) is 133 Å². The standard InChI is InChI=1S/C52H34N4O2S/c57-59(58,40-18-8-3-9-19-40)41-28-24-36(25-29-41)47-34-46(35-14-4-1-5-15-35)53-52(54-47)56-49-23-13-10-20-42(49)44-30-26-38(33-51(44)56)37-27-31-50-45(32-37)43-21-11-12-22-48(43)55(50)39-16-6-2-7-17-39/h1-34H. The van der Waals surface area contributed by atoms with Gasteiger partial charge in [-0.05, 0) is 83.9 Å². The summed E-state index contributed by atoms with van der Waals surface area (Å²) >= 11 is 0. The van der Waals surface area contributed by atoms with E-state index in [1.54, 1.807) is 36.4 Å². The van der Waals surface area contributed by atoms with Crippen LogP contribution in [0.25, 0.3) is 88.9 Å². The molecule has 0 saturated carbocycles. The van der Waals surface area contributed by atoms with Gasteiger partial charge in [-0.15, -0.1) is 0 Å². The fraction of sp³-hybridized carbons (Fsp3) is 0. The maximum atomic E-state index is 13.5. The van der Waals surface area contributed by atoms with Crippen LogP contribution < -0.4 is 0 Å². The van der Waals surface area contributed by atoms with E-state index in [4.69, 9.17) is 9.97 Å². The van der Waals surface area contributed by atoms with Crippen molar-refractivity contribution in [2.24, 2.45) is 0 Å². The van der Waals surface area contributed by atoms with Gasteiger partial charge < -0.3 is 4.57 Å². The molecule has 6 nitrogen and oxygen atoms in total. The summed E-state index contributed by atoms with van der Waals surface area (Å²) < 4.78 is 31.4. The lowest BCUT2D eigenvalue weighted by Crippen LogP contribution is -2.04. The Labute approximate surface area is 340 Å². The third-order valence-corrected chi connectivity index (χ3v) is 13.0. The highest BCUT2D eigenvalue weighted by atomic mass is 32.2. The van der Waals surface area contributed by atoms with E-state index in [0.29, 0.717) is 11.6 Å². The van der Waals surface area contributed by atoms with Gasteiger partial charge in [0, 0.05) is 38.4 Å². The number of rotatable bonds is 7. The third-order valence-electron chi connectivity index (χ3n) is 11.2. The van der Waals surface area contributed by atoms with Gasteiger partial charge in [0.2, 0.25) is 15.8 Å². The zero-order chi connectivity index (χ0) is 39.5. The molecule has 3 aromatic heterocycles. The topological polar surface area (TPSA) is 69.8 Å². The van der Waals surface area contributed by atoms with Crippen LogP contribution in [-0.4, -0.2) is 27.5 Å². The van der Waals surface area contributed by atoms with Gasteiger partial charge in [-0.3, -0.25) is 4.57 Å². The summed E-state index contributed by atoms with van der Waals surface area (Å²) in [4.78, 5) is 10.9. The minimum atomic E-state index is -3.68. The molecule has 8 aromatic carbocycles. The molecule has 11 rings (SSSR count). The van der Waals surface area contributed by atoms with E-state index in [-0.39, 0.29) is 9.79 Å². The summed E-state index contributed by atoms with van der Waals surface area (Å²) in [6, 6.07) is 68.4. The number of fused-ring (bicyclic) bond motifs is 6. The van der Waals surface area contributed by atoms with Crippen molar-refractivity contribution in [3.8, 4) is 45.3 Å². The molecule has 0 radical (unpaired) electrons. The number of para-hydroxylation sites is 3. The number of hydrogen-bond acceptors (Lipinski definition) is 4. The van der Waals surface area contributed by atoms with Gasteiger partial charge in [0.25, 0.3) is 0 Å². The van der Waals surface area contributed by atoms with E-state index < -0.39 is 9.84 Å². The van der Waals surface area contributed by atoms with Gasteiger partial charge in [0.1, 0.15) is 0 Å². The molecule has 0 unspecified atom stereocenters. The van der Waals surface area contributed by atoms with Crippen LogP contribution in [0.3, 0.4) is 0 Å². The average Bonchev–Trinajstić information content (AvgIpc) is 3.82. The van der Waals surface area contributed by atoms with Crippen LogP contribution in [0.15, 0.2) is 216 Å². The Hall–Kier alpha value is -7.61. The van der Waals surface area contributed by atoms with Crippen LogP contribution in [0, 0.1) is 0 Å². The summed E-state index contributed by atoms with van der Waals surface area (Å²) in [6.07, 6.45) is 0. The molecular formula is C52H34N4O2S. The van der Waals surface area contributed by atoms with Gasteiger partial charge in [0.15, 0.2) is 0 Å². The molecule has 0 saturated heterocycles. The lowest BCUT2D eigenvalue weighted by atomic mass is 10.0. The molecule has 0 atom stereocenters. The fourth-order valence-corrected chi connectivity index (χ4v) is 9.64. The molecule has 280 valence electrons. The zero-order valence-corrected chi connectivity index (χ0v) is 32.5. The highest BCUT2D eigenvalue weighted by Gasteiger charge is 2.21. The smallest absolute Gasteiger partial charge is 0.235 e. The van der Waals surface area contributed by atoms with Crippen molar-refractivity contribution in [3.63, 3.8) is 0 Å². The second-order valence-electron chi connectivity index (χ2n) is 14.6. The van der Waals surface area contributed by atoms with E-state index in [0.717, 1.165) is 61.0 Å². The minimum Gasteiger partial charge on any atom is -0.309 e. The fourth-order valence-electron chi connectivity index (χ4n) is 8.35. The van der Waals surface area contributed by atoms with Crippen molar-refractivity contribution in [1.29, 1.82) is 0 Å². The number of benzene rings is 8. The largest absolute Gasteiger partial charge is 0.309 e. The Bertz CT molecular complexity index is 3490.